The monoisotopic (exact) mass is 258 g/mol. The van der Waals surface area contributed by atoms with Crippen LogP contribution in [0.3, 0.4) is 0 Å². The van der Waals surface area contributed by atoms with Crippen molar-refractivity contribution in [1.29, 1.82) is 0 Å². The van der Waals surface area contributed by atoms with Crippen molar-refractivity contribution in [2.75, 3.05) is 32.2 Å². The molecule has 0 aliphatic rings. The Morgan fingerprint density at radius 2 is 2.41 bits per heavy atom. The number of carbonyl (C=O) groups is 1. The van der Waals surface area contributed by atoms with E-state index in [2.05, 4.69) is 10.3 Å². The molecule has 5 nitrogen and oxygen atoms in total. The topological polar surface area (TPSA) is 60.5 Å². The van der Waals surface area contributed by atoms with Crippen LogP contribution >= 0.6 is 11.3 Å². The van der Waals surface area contributed by atoms with E-state index in [-0.39, 0.29) is 5.97 Å². The summed E-state index contributed by atoms with van der Waals surface area (Å²) in [5.74, 6) is -0.172. The van der Waals surface area contributed by atoms with Crippen molar-refractivity contribution in [3.05, 3.63) is 11.1 Å². The van der Waals surface area contributed by atoms with E-state index in [1.165, 1.54) is 11.3 Å². The summed E-state index contributed by atoms with van der Waals surface area (Å²) in [7, 11) is 1.66. The van der Waals surface area contributed by atoms with Crippen molar-refractivity contribution < 1.29 is 14.3 Å². The minimum absolute atomic E-state index is 0.172. The van der Waals surface area contributed by atoms with Gasteiger partial charge in [0.15, 0.2) is 5.13 Å². The quantitative estimate of drug-likeness (QED) is 0.568. The number of aryl methyl sites for hydroxylation is 1. The highest BCUT2D eigenvalue weighted by atomic mass is 32.1. The van der Waals surface area contributed by atoms with Gasteiger partial charge in [-0.2, -0.15) is 0 Å². The van der Waals surface area contributed by atoms with Gasteiger partial charge >= 0.3 is 5.97 Å². The number of aromatic nitrogens is 1. The van der Waals surface area contributed by atoms with E-state index >= 15 is 0 Å². The van der Waals surface area contributed by atoms with E-state index < -0.39 is 0 Å². The molecular formula is C11H18N2O3S. The second-order valence-corrected chi connectivity index (χ2v) is 4.23. The Bertz CT molecular complexity index is 341. The number of esters is 1. The van der Waals surface area contributed by atoms with E-state index in [0.29, 0.717) is 26.1 Å². The number of nitrogens with one attached hydrogen (secondary N) is 1. The van der Waals surface area contributed by atoms with Gasteiger partial charge in [0.25, 0.3) is 0 Å². The average Bonchev–Trinajstić information content (AvgIpc) is 2.75. The number of carbonyl (C=O) groups excluding carboxylic acids is 1. The normalized spacial score (nSPS) is 10.2. The molecule has 1 aromatic heterocycles. The molecule has 0 aromatic carbocycles. The van der Waals surface area contributed by atoms with E-state index in [1.807, 2.05) is 5.38 Å². The first-order chi connectivity index (χ1) is 8.26. The fourth-order valence-corrected chi connectivity index (χ4v) is 2.00. The number of thiazole rings is 1. The Kier molecular flexibility index (Phi) is 6.57. The van der Waals surface area contributed by atoms with Gasteiger partial charge < -0.3 is 14.8 Å². The van der Waals surface area contributed by atoms with Gasteiger partial charge in [0.1, 0.15) is 0 Å². The molecule has 1 aromatic rings. The minimum atomic E-state index is -0.172. The predicted molar refractivity (Wildman–Crippen MR) is 67.4 cm³/mol. The Labute approximate surface area is 105 Å². The summed E-state index contributed by atoms with van der Waals surface area (Å²) in [6.07, 6.45) is 1.01. The highest BCUT2D eigenvalue weighted by Crippen LogP contribution is 2.16. The van der Waals surface area contributed by atoms with E-state index in [4.69, 9.17) is 9.47 Å². The maximum absolute atomic E-state index is 11.2. The zero-order valence-corrected chi connectivity index (χ0v) is 11.0. The Morgan fingerprint density at radius 1 is 1.59 bits per heavy atom. The molecule has 0 bridgehead atoms. The van der Waals surface area contributed by atoms with Gasteiger partial charge in [-0.1, -0.05) is 0 Å². The Morgan fingerprint density at radius 3 is 3.12 bits per heavy atom. The molecule has 0 aliphatic heterocycles. The molecule has 1 N–H and O–H groups in total. The first-order valence-electron chi connectivity index (χ1n) is 5.59. The summed E-state index contributed by atoms with van der Waals surface area (Å²) in [6, 6.07) is 0. The lowest BCUT2D eigenvalue weighted by atomic mass is 10.2. The predicted octanol–water partition coefficient (Wildman–Crippen LogP) is 1.70. The molecule has 0 atom stereocenters. The average molecular weight is 258 g/mol. The van der Waals surface area contributed by atoms with Crippen LogP contribution in [0.2, 0.25) is 0 Å². The number of nitrogens with zero attached hydrogens (tertiary/aromatic N) is 1. The van der Waals surface area contributed by atoms with Gasteiger partial charge in [-0.15, -0.1) is 11.3 Å². The van der Waals surface area contributed by atoms with Gasteiger partial charge in [0.2, 0.25) is 0 Å². The third-order valence-corrected chi connectivity index (χ3v) is 2.87. The summed E-state index contributed by atoms with van der Waals surface area (Å²) in [5, 5.41) is 5.96. The second-order valence-electron chi connectivity index (χ2n) is 3.37. The first kappa shape index (κ1) is 13.9. The number of anilines is 1. The van der Waals surface area contributed by atoms with Crippen LogP contribution in [0.1, 0.15) is 19.0 Å². The van der Waals surface area contributed by atoms with E-state index in [1.54, 1.807) is 14.0 Å². The summed E-state index contributed by atoms with van der Waals surface area (Å²) in [5.41, 5.74) is 0.919. The van der Waals surface area contributed by atoms with Crippen LogP contribution in [-0.4, -0.2) is 37.8 Å². The van der Waals surface area contributed by atoms with Gasteiger partial charge in [0.05, 0.1) is 25.3 Å². The van der Waals surface area contributed by atoms with Gasteiger partial charge in [0, 0.05) is 25.5 Å². The van der Waals surface area contributed by atoms with Gasteiger partial charge in [-0.25, -0.2) is 4.98 Å². The third-order valence-electron chi connectivity index (χ3n) is 2.02. The van der Waals surface area contributed by atoms with Crippen molar-refractivity contribution in [3.63, 3.8) is 0 Å². The Balaban J connectivity index is 2.27. The second kappa shape index (κ2) is 8.03. The van der Waals surface area contributed by atoms with Crippen molar-refractivity contribution >= 4 is 22.4 Å². The summed E-state index contributed by atoms with van der Waals surface area (Å²) < 4.78 is 9.78. The number of ether oxygens (including phenoxy) is 2. The summed E-state index contributed by atoms with van der Waals surface area (Å²) >= 11 is 1.54. The highest BCUT2D eigenvalue weighted by molar-refractivity contribution is 7.13. The van der Waals surface area contributed by atoms with Crippen LogP contribution in [0.5, 0.6) is 0 Å². The first-order valence-corrected chi connectivity index (χ1v) is 6.47. The van der Waals surface area contributed by atoms with Crippen LogP contribution in [0, 0.1) is 0 Å². The number of hydrogen-bond donors (Lipinski definition) is 1. The van der Waals surface area contributed by atoms with Crippen LogP contribution in [0.4, 0.5) is 5.13 Å². The van der Waals surface area contributed by atoms with Crippen molar-refractivity contribution in [3.8, 4) is 0 Å². The van der Waals surface area contributed by atoms with E-state index in [9.17, 15) is 4.79 Å². The number of methoxy groups -OCH3 is 1. The van der Waals surface area contributed by atoms with Gasteiger partial charge in [-0.3, -0.25) is 4.79 Å². The van der Waals surface area contributed by atoms with Gasteiger partial charge in [-0.05, 0) is 6.92 Å². The fourth-order valence-electron chi connectivity index (χ4n) is 1.23. The lowest BCUT2D eigenvalue weighted by Crippen LogP contribution is -2.07. The van der Waals surface area contributed by atoms with E-state index in [0.717, 1.165) is 17.4 Å². The summed E-state index contributed by atoms with van der Waals surface area (Å²) in [6.45, 7) is 3.62. The maximum atomic E-state index is 11.2. The standard InChI is InChI=1S/C11H18N2O3S/c1-3-16-10(14)5-4-9-8-17-11(13-9)12-6-7-15-2/h8H,3-7H2,1-2H3,(H,12,13). The molecule has 1 heterocycles. The fraction of sp³-hybridized carbons (Fsp3) is 0.636. The zero-order valence-electron chi connectivity index (χ0n) is 10.2. The molecule has 0 fully saturated rings. The van der Waals surface area contributed by atoms with Crippen molar-refractivity contribution in [2.45, 2.75) is 19.8 Å². The molecule has 6 heteroatoms. The Hall–Kier alpha value is -1.14. The number of rotatable bonds is 8. The zero-order chi connectivity index (χ0) is 12.5. The van der Waals surface area contributed by atoms with Crippen LogP contribution < -0.4 is 5.32 Å². The van der Waals surface area contributed by atoms with Crippen molar-refractivity contribution in [1.82, 2.24) is 4.98 Å². The SMILES string of the molecule is CCOC(=O)CCc1csc(NCCOC)n1. The van der Waals surface area contributed by atoms with Crippen LogP contribution in [0.15, 0.2) is 5.38 Å². The summed E-state index contributed by atoms with van der Waals surface area (Å²) in [4.78, 5) is 15.5. The lowest BCUT2D eigenvalue weighted by Gasteiger charge is -2.00. The molecule has 0 radical (unpaired) electrons. The van der Waals surface area contributed by atoms with Crippen LogP contribution in [-0.2, 0) is 20.7 Å². The molecule has 0 spiro atoms. The minimum Gasteiger partial charge on any atom is -0.466 e. The molecule has 17 heavy (non-hydrogen) atoms. The van der Waals surface area contributed by atoms with Crippen LogP contribution in [0.25, 0.3) is 0 Å². The molecule has 0 saturated heterocycles. The third kappa shape index (κ3) is 5.65. The molecule has 0 saturated carbocycles. The molecule has 0 aliphatic carbocycles. The molecule has 96 valence electrons. The maximum Gasteiger partial charge on any atom is 0.306 e. The molecular weight excluding hydrogens is 240 g/mol. The molecule has 1 rings (SSSR count). The highest BCUT2D eigenvalue weighted by Gasteiger charge is 2.06. The lowest BCUT2D eigenvalue weighted by molar-refractivity contribution is -0.143. The largest absolute Gasteiger partial charge is 0.466 e. The molecule has 0 amide bonds. The molecule has 0 unspecified atom stereocenters. The van der Waals surface area contributed by atoms with Crippen molar-refractivity contribution in [2.24, 2.45) is 0 Å². The smallest absolute Gasteiger partial charge is 0.306 e. The number of hydrogen-bond acceptors (Lipinski definition) is 6.